The van der Waals surface area contributed by atoms with Crippen LogP contribution in [0.2, 0.25) is 0 Å². The summed E-state index contributed by atoms with van der Waals surface area (Å²) in [6, 6.07) is 11.7. The third-order valence-electron chi connectivity index (χ3n) is 3.15. The zero-order valence-electron chi connectivity index (χ0n) is 11.9. The molecule has 21 heavy (non-hydrogen) atoms. The van der Waals surface area contributed by atoms with Crippen LogP contribution in [0.4, 0.5) is 5.69 Å². The summed E-state index contributed by atoms with van der Waals surface area (Å²) in [5.74, 6) is 1.55. The SMILES string of the molecule is CCOc1ccc2nc(-c3ccc(OC)c(N)c3)sc2c1. The van der Waals surface area contributed by atoms with E-state index < -0.39 is 0 Å². The number of fused-ring (bicyclic) bond motifs is 1. The Morgan fingerprint density at radius 3 is 2.76 bits per heavy atom. The number of thiazole rings is 1. The Morgan fingerprint density at radius 2 is 2.05 bits per heavy atom. The molecule has 0 unspecified atom stereocenters. The van der Waals surface area contributed by atoms with E-state index in [1.54, 1.807) is 18.4 Å². The van der Waals surface area contributed by atoms with Gasteiger partial charge in [-0.05, 0) is 43.3 Å². The van der Waals surface area contributed by atoms with Crippen LogP contribution in [0, 0.1) is 0 Å². The lowest BCUT2D eigenvalue weighted by molar-refractivity contribution is 0.341. The Morgan fingerprint density at radius 1 is 1.19 bits per heavy atom. The van der Waals surface area contributed by atoms with Gasteiger partial charge in [-0.3, -0.25) is 0 Å². The van der Waals surface area contributed by atoms with Crippen LogP contribution < -0.4 is 15.2 Å². The first-order valence-corrected chi connectivity index (χ1v) is 7.50. The number of ether oxygens (including phenoxy) is 2. The lowest BCUT2D eigenvalue weighted by Gasteiger charge is -2.04. The number of nitrogens with two attached hydrogens (primary N) is 1. The summed E-state index contributed by atoms with van der Waals surface area (Å²) < 4.78 is 11.8. The van der Waals surface area contributed by atoms with Crippen molar-refractivity contribution < 1.29 is 9.47 Å². The lowest BCUT2D eigenvalue weighted by atomic mass is 10.2. The summed E-state index contributed by atoms with van der Waals surface area (Å²) in [5.41, 5.74) is 8.53. The van der Waals surface area contributed by atoms with Gasteiger partial charge in [-0.25, -0.2) is 4.98 Å². The standard InChI is InChI=1S/C16H16N2O2S/c1-3-20-11-5-6-13-15(9-11)21-16(18-13)10-4-7-14(19-2)12(17)8-10/h4-9H,3,17H2,1-2H3. The molecule has 0 fully saturated rings. The molecule has 2 aromatic carbocycles. The summed E-state index contributed by atoms with van der Waals surface area (Å²) in [5, 5.41) is 0.938. The molecule has 0 atom stereocenters. The number of hydrogen-bond acceptors (Lipinski definition) is 5. The molecule has 108 valence electrons. The van der Waals surface area contributed by atoms with Gasteiger partial charge in [0.15, 0.2) is 0 Å². The second-order valence-corrected chi connectivity index (χ2v) is 5.57. The summed E-state index contributed by atoms with van der Waals surface area (Å²) >= 11 is 1.63. The van der Waals surface area contributed by atoms with Crippen LogP contribution in [0.3, 0.4) is 0 Å². The van der Waals surface area contributed by atoms with E-state index in [0.717, 1.165) is 26.5 Å². The van der Waals surface area contributed by atoms with Gasteiger partial charge in [0.1, 0.15) is 16.5 Å². The maximum atomic E-state index is 5.96. The number of nitrogen functional groups attached to an aromatic ring is 1. The third-order valence-corrected chi connectivity index (χ3v) is 4.21. The van der Waals surface area contributed by atoms with Gasteiger partial charge in [-0.15, -0.1) is 11.3 Å². The number of rotatable bonds is 4. The van der Waals surface area contributed by atoms with E-state index in [1.807, 2.05) is 43.3 Å². The Labute approximate surface area is 127 Å². The number of hydrogen-bond donors (Lipinski definition) is 1. The quantitative estimate of drug-likeness (QED) is 0.741. The summed E-state index contributed by atoms with van der Waals surface area (Å²) in [6.45, 7) is 2.63. The molecule has 0 radical (unpaired) electrons. The highest BCUT2D eigenvalue weighted by Crippen LogP contribution is 2.34. The van der Waals surface area contributed by atoms with Gasteiger partial charge in [0, 0.05) is 5.56 Å². The Hall–Kier alpha value is -2.27. The minimum atomic E-state index is 0.615. The molecule has 1 aromatic heterocycles. The highest BCUT2D eigenvalue weighted by molar-refractivity contribution is 7.21. The number of benzene rings is 2. The molecule has 2 N–H and O–H groups in total. The van der Waals surface area contributed by atoms with Crippen molar-refractivity contribution in [3.63, 3.8) is 0 Å². The number of anilines is 1. The fourth-order valence-electron chi connectivity index (χ4n) is 2.15. The molecule has 4 nitrogen and oxygen atoms in total. The van der Waals surface area contributed by atoms with Crippen molar-refractivity contribution in [3.8, 4) is 22.1 Å². The number of methoxy groups -OCH3 is 1. The van der Waals surface area contributed by atoms with E-state index >= 15 is 0 Å². The van der Waals surface area contributed by atoms with Crippen molar-refractivity contribution in [2.24, 2.45) is 0 Å². The zero-order chi connectivity index (χ0) is 14.8. The van der Waals surface area contributed by atoms with E-state index in [0.29, 0.717) is 18.0 Å². The number of nitrogens with zero attached hydrogens (tertiary/aromatic N) is 1. The van der Waals surface area contributed by atoms with Crippen LogP contribution >= 0.6 is 11.3 Å². The minimum Gasteiger partial charge on any atom is -0.495 e. The fourth-order valence-corrected chi connectivity index (χ4v) is 3.14. The molecule has 0 bridgehead atoms. The molecular weight excluding hydrogens is 284 g/mol. The van der Waals surface area contributed by atoms with Gasteiger partial charge in [0.25, 0.3) is 0 Å². The largest absolute Gasteiger partial charge is 0.495 e. The molecule has 0 saturated heterocycles. The summed E-state index contributed by atoms with van der Waals surface area (Å²) in [6.07, 6.45) is 0. The molecule has 0 saturated carbocycles. The summed E-state index contributed by atoms with van der Waals surface area (Å²) in [7, 11) is 1.61. The van der Waals surface area contributed by atoms with Gasteiger partial charge in [0.2, 0.25) is 0 Å². The van der Waals surface area contributed by atoms with Crippen molar-refractivity contribution in [1.82, 2.24) is 4.98 Å². The molecule has 3 rings (SSSR count). The highest BCUT2D eigenvalue weighted by atomic mass is 32.1. The fraction of sp³-hybridized carbons (Fsp3) is 0.188. The van der Waals surface area contributed by atoms with Crippen LogP contribution in [0.5, 0.6) is 11.5 Å². The Bertz CT molecular complexity index is 783. The average Bonchev–Trinajstić information content (AvgIpc) is 2.90. The molecule has 1 heterocycles. The van der Waals surface area contributed by atoms with Gasteiger partial charge >= 0.3 is 0 Å². The first-order chi connectivity index (χ1) is 10.2. The molecule has 0 aliphatic heterocycles. The van der Waals surface area contributed by atoms with Crippen molar-refractivity contribution in [2.45, 2.75) is 6.92 Å². The molecule has 3 aromatic rings. The van der Waals surface area contributed by atoms with Crippen molar-refractivity contribution in [3.05, 3.63) is 36.4 Å². The predicted octanol–water partition coefficient (Wildman–Crippen LogP) is 3.95. The van der Waals surface area contributed by atoms with E-state index in [1.165, 1.54) is 0 Å². The van der Waals surface area contributed by atoms with Crippen LogP contribution in [0.25, 0.3) is 20.8 Å². The second-order valence-electron chi connectivity index (χ2n) is 4.54. The third kappa shape index (κ3) is 2.64. The van der Waals surface area contributed by atoms with Crippen LogP contribution in [0.15, 0.2) is 36.4 Å². The topological polar surface area (TPSA) is 57.4 Å². The van der Waals surface area contributed by atoms with Gasteiger partial charge < -0.3 is 15.2 Å². The smallest absolute Gasteiger partial charge is 0.141 e. The maximum Gasteiger partial charge on any atom is 0.141 e. The van der Waals surface area contributed by atoms with Crippen LogP contribution in [0.1, 0.15) is 6.92 Å². The van der Waals surface area contributed by atoms with Crippen LogP contribution in [-0.4, -0.2) is 18.7 Å². The van der Waals surface area contributed by atoms with Crippen molar-refractivity contribution in [1.29, 1.82) is 0 Å². The van der Waals surface area contributed by atoms with Gasteiger partial charge in [-0.2, -0.15) is 0 Å². The molecule has 0 aliphatic rings. The normalized spacial score (nSPS) is 10.8. The maximum absolute atomic E-state index is 5.96. The minimum absolute atomic E-state index is 0.615. The monoisotopic (exact) mass is 300 g/mol. The van der Waals surface area contributed by atoms with Crippen LogP contribution in [-0.2, 0) is 0 Å². The van der Waals surface area contributed by atoms with E-state index in [2.05, 4.69) is 4.98 Å². The van der Waals surface area contributed by atoms with E-state index in [4.69, 9.17) is 15.2 Å². The molecule has 0 aliphatic carbocycles. The summed E-state index contributed by atoms with van der Waals surface area (Å²) in [4.78, 5) is 4.65. The Kier molecular flexibility index (Phi) is 3.66. The Balaban J connectivity index is 2.02. The molecule has 0 spiro atoms. The lowest BCUT2D eigenvalue weighted by Crippen LogP contribution is -1.92. The average molecular weight is 300 g/mol. The second kappa shape index (κ2) is 5.61. The van der Waals surface area contributed by atoms with Crippen molar-refractivity contribution in [2.75, 3.05) is 19.5 Å². The zero-order valence-corrected chi connectivity index (χ0v) is 12.7. The number of aromatic nitrogens is 1. The van der Waals surface area contributed by atoms with Crippen molar-refractivity contribution >= 4 is 27.2 Å². The predicted molar refractivity (Wildman–Crippen MR) is 87.2 cm³/mol. The molecule has 5 heteroatoms. The molecule has 0 amide bonds. The first-order valence-electron chi connectivity index (χ1n) is 6.68. The molecular formula is C16H16N2O2S. The van der Waals surface area contributed by atoms with E-state index in [-0.39, 0.29) is 0 Å². The van der Waals surface area contributed by atoms with Gasteiger partial charge in [0.05, 0.1) is 29.6 Å². The first kappa shape index (κ1) is 13.7. The van der Waals surface area contributed by atoms with Gasteiger partial charge in [-0.1, -0.05) is 0 Å². The van der Waals surface area contributed by atoms with E-state index in [9.17, 15) is 0 Å². The highest BCUT2D eigenvalue weighted by Gasteiger charge is 2.09.